The van der Waals surface area contributed by atoms with E-state index in [2.05, 4.69) is 10.1 Å². The minimum absolute atomic E-state index is 0.606. The molecule has 3 heteroatoms. The molecule has 0 saturated heterocycles. The van der Waals surface area contributed by atoms with Gasteiger partial charge in [0, 0.05) is 19.5 Å². The van der Waals surface area contributed by atoms with Crippen molar-refractivity contribution in [3.8, 4) is 0 Å². The maximum Gasteiger partial charge on any atom is 0.126 e. The summed E-state index contributed by atoms with van der Waals surface area (Å²) in [7, 11) is 1.88. The van der Waals surface area contributed by atoms with Crippen molar-refractivity contribution in [3.63, 3.8) is 0 Å². The number of allylic oxidation sites excluding steroid dienone is 2. The molecule has 3 nitrogen and oxygen atoms in total. The Labute approximate surface area is 68.1 Å². The first-order valence-corrected chi connectivity index (χ1v) is 3.62. The van der Waals surface area contributed by atoms with Gasteiger partial charge in [-0.05, 0) is 19.9 Å². The molecule has 0 fully saturated rings. The first-order chi connectivity index (χ1) is 5.31. The van der Waals surface area contributed by atoms with E-state index in [4.69, 9.17) is 0 Å². The van der Waals surface area contributed by atoms with Gasteiger partial charge in [-0.3, -0.25) is 10.0 Å². The zero-order valence-electron chi connectivity index (χ0n) is 7.36. The average molecular weight is 153 g/mol. The van der Waals surface area contributed by atoms with Gasteiger partial charge in [-0.15, -0.1) is 0 Å². The summed E-state index contributed by atoms with van der Waals surface area (Å²) in [6.07, 6.45) is 7.34. The maximum atomic E-state index is 4.08. The molecule has 0 aliphatic heterocycles. The molecule has 0 unspecified atom stereocenters. The van der Waals surface area contributed by atoms with E-state index in [-0.39, 0.29) is 0 Å². The number of hydrogen-bond donors (Lipinski definition) is 0. The molecule has 0 radical (unpaired) electrons. The van der Waals surface area contributed by atoms with E-state index in [9.17, 15) is 0 Å². The molecule has 0 amide bonds. The van der Waals surface area contributed by atoms with Crippen molar-refractivity contribution in [2.45, 2.75) is 13.8 Å². The van der Waals surface area contributed by atoms with Gasteiger partial charge in [-0.2, -0.15) is 5.10 Å². The van der Waals surface area contributed by atoms with Gasteiger partial charge in [0.05, 0.1) is 0 Å². The lowest BCUT2D eigenvalue weighted by Gasteiger charge is -2.06. The normalized spacial score (nSPS) is 12.3. The second-order valence-corrected chi connectivity index (χ2v) is 2.03. The molecule has 0 rings (SSSR count). The lowest BCUT2D eigenvalue weighted by Crippen LogP contribution is -2.10. The Bertz CT molecular complexity index is 159. The molecule has 0 heterocycles. The molecule has 0 spiro atoms. The van der Waals surface area contributed by atoms with Gasteiger partial charge in [0.2, 0.25) is 0 Å². The van der Waals surface area contributed by atoms with Crippen molar-refractivity contribution in [2.75, 3.05) is 13.7 Å². The van der Waals surface area contributed by atoms with Crippen LogP contribution in [0.15, 0.2) is 22.2 Å². The summed E-state index contributed by atoms with van der Waals surface area (Å²) in [6.45, 7) is 4.45. The van der Waals surface area contributed by atoms with E-state index in [1.54, 1.807) is 17.4 Å². The van der Waals surface area contributed by atoms with Crippen LogP contribution in [0.1, 0.15) is 13.8 Å². The van der Waals surface area contributed by atoms with E-state index in [1.165, 1.54) is 0 Å². The lowest BCUT2D eigenvalue weighted by atomic mass is 10.6. The number of rotatable bonds is 4. The van der Waals surface area contributed by atoms with Crippen LogP contribution < -0.4 is 0 Å². The highest BCUT2D eigenvalue weighted by molar-refractivity contribution is 5.70. The van der Waals surface area contributed by atoms with E-state index in [1.807, 2.05) is 33.0 Å². The predicted molar refractivity (Wildman–Crippen MR) is 50.1 cm³/mol. The molecular weight excluding hydrogens is 138 g/mol. The molecule has 62 valence electrons. The highest BCUT2D eigenvalue weighted by Crippen LogP contribution is 1.81. The summed E-state index contributed by atoms with van der Waals surface area (Å²) >= 11 is 0. The number of hydrogen-bond acceptors (Lipinski definition) is 3. The quantitative estimate of drug-likeness (QED) is 0.444. The number of nitrogens with zero attached hydrogens (tertiary/aromatic N) is 3. The SMILES string of the molecule is C/C=C\C=NCN(C)/N=C\C. The van der Waals surface area contributed by atoms with Crippen LogP contribution in [0.25, 0.3) is 0 Å². The fraction of sp³-hybridized carbons (Fsp3) is 0.500. The van der Waals surface area contributed by atoms with Crippen molar-refractivity contribution in [1.29, 1.82) is 0 Å². The van der Waals surface area contributed by atoms with Crippen molar-refractivity contribution >= 4 is 12.4 Å². The molecule has 0 aromatic heterocycles. The Balaban J connectivity index is 3.52. The maximum absolute atomic E-state index is 4.08. The lowest BCUT2D eigenvalue weighted by molar-refractivity contribution is 0.370. The summed E-state index contributed by atoms with van der Waals surface area (Å²) in [5.41, 5.74) is 0. The standard InChI is InChI=1S/C8H15N3/c1-4-6-7-9-8-11(3)10-5-2/h4-7H,8H2,1-3H3/b6-4-,9-7?,10-5-. The fourth-order valence-corrected chi connectivity index (χ4v) is 0.546. The van der Waals surface area contributed by atoms with Crippen molar-refractivity contribution in [1.82, 2.24) is 5.01 Å². The minimum Gasteiger partial charge on any atom is -0.279 e. The van der Waals surface area contributed by atoms with Crippen LogP contribution in [0, 0.1) is 0 Å². The minimum atomic E-state index is 0.606. The average Bonchev–Trinajstić information content (AvgIpc) is 1.99. The largest absolute Gasteiger partial charge is 0.279 e. The first kappa shape index (κ1) is 9.88. The Kier molecular flexibility index (Phi) is 6.28. The Morgan fingerprint density at radius 3 is 2.64 bits per heavy atom. The van der Waals surface area contributed by atoms with Gasteiger partial charge in [0.1, 0.15) is 6.67 Å². The van der Waals surface area contributed by atoms with Gasteiger partial charge in [-0.25, -0.2) is 0 Å². The van der Waals surface area contributed by atoms with Crippen LogP contribution >= 0.6 is 0 Å². The van der Waals surface area contributed by atoms with Crippen LogP contribution in [0.5, 0.6) is 0 Å². The van der Waals surface area contributed by atoms with Gasteiger partial charge in [-0.1, -0.05) is 6.08 Å². The Morgan fingerprint density at radius 1 is 1.36 bits per heavy atom. The number of aliphatic imine (C=N–C) groups is 1. The molecule has 0 aromatic carbocycles. The van der Waals surface area contributed by atoms with E-state index < -0.39 is 0 Å². The van der Waals surface area contributed by atoms with E-state index >= 15 is 0 Å². The monoisotopic (exact) mass is 153 g/mol. The zero-order chi connectivity index (χ0) is 8.53. The molecular formula is C8H15N3. The van der Waals surface area contributed by atoms with Crippen LogP contribution in [-0.4, -0.2) is 31.2 Å². The van der Waals surface area contributed by atoms with Crippen LogP contribution in [0.3, 0.4) is 0 Å². The molecule has 0 bridgehead atoms. The summed E-state index contributed by atoms with van der Waals surface area (Å²) < 4.78 is 0. The Morgan fingerprint density at radius 2 is 2.09 bits per heavy atom. The molecule has 0 aromatic rings. The summed E-state index contributed by atoms with van der Waals surface area (Å²) in [5.74, 6) is 0. The van der Waals surface area contributed by atoms with Crippen molar-refractivity contribution < 1.29 is 0 Å². The first-order valence-electron chi connectivity index (χ1n) is 3.62. The smallest absolute Gasteiger partial charge is 0.126 e. The van der Waals surface area contributed by atoms with Gasteiger partial charge >= 0.3 is 0 Å². The Hall–Kier alpha value is -1.12. The molecule has 0 N–H and O–H groups in total. The van der Waals surface area contributed by atoms with Gasteiger partial charge in [0.15, 0.2) is 0 Å². The summed E-state index contributed by atoms with van der Waals surface area (Å²) in [6, 6.07) is 0. The molecule has 0 aliphatic carbocycles. The molecule has 11 heavy (non-hydrogen) atoms. The summed E-state index contributed by atoms with van der Waals surface area (Å²) in [4.78, 5) is 4.08. The van der Waals surface area contributed by atoms with Crippen molar-refractivity contribution in [3.05, 3.63) is 12.2 Å². The fourth-order valence-electron chi connectivity index (χ4n) is 0.546. The van der Waals surface area contributed by atoms with Gasteiger partial charge in [0.25, 0.3) is 0 Å². The van der Waals surface area contributed by atoms with Gasteiger partial charge < -0.3 is 0 Å². The van der Waals surface area contributed by atoms with E-state index in [0.29, 0.717) is 6.67 Å². The second kappa shape index (κ2) is 6.99. The highest BCUT2D eigenvalue weighted by Gasteiger charge is 1.82. The second-order valence-electron chi connectivity index (χ2n) is 2.03. The van der Waals surface area contributed by atoms with Crippen molar-refractivity contribution in [2.24, 2.45) is 10.1 Å². The third-order valence-corrected chi connectivity index (χ3v) is 0.983. The number of hydrazone groups is 1. The van der Waals surface area contributed by atoms with Crippen LogP contribution in [0.2, 0.25) is 0 Å². The van der Waals surface area contributed by atoms with Crippen LogP contribution in [0.4, 0.5) is 0 Å². The zero-order valence-corrected chi connectivity index (χ0v) is 7.36. The predicted octanol–water partition coefficient (Wildman–Crippen LogP) is 1.53. The van der Waals surface area contributed by atoms with E-state index in [0.717, 1.165) is 0 Å². The third-order valence-electron chi connectivity index (χ3n) is 0.983. The third kappa shape index (κ3) is 6.77. The summed E-state index contributed by atoms with van der Waals surface area (Å²) in [5, 5.41) is 5.76. The molecule has 0 saturated carbocycles. The molecule has 0 aliphatic rings. The highest BCUT2D eigenvalue weighted by atomic mass is 15.5. The molecule has 0 atom stereocenters. The van der Waals surface area contributed by atoms with Crippen LogP contribution in [-0.2, 0) is 0 Å². The topological polar surface area (TPSA) is 28.0 Å².